The molecule has 34 heavy (non-hydrogen) atoms. The maximum absolute atomic E-state index is 13.2. The molecule has 1 fully saturated rings. The minimum atomic E-state index is -0.110. The SMILES string of the molecule is O=c1c2sc(C3=CC=C(Cl)CC3)cc2ncn1-c1ccc(OCCCN2CCOCC2)c(Cl)c1. The first-order chi connectivity index (χ1) is 16.6. The highest BCUT2D eigenvalue weighted by molar-refractivity contribution is 7.19. The van der Waals surface area contributed by atoms with Crippen LogP contribution in [-0.4, -0.2) is 53.9 Å². The molecular formula is C25H25Cl2N3O3S. The summed E-state index contributed by atoms with van der Waals surface area (Å²) in [4.78, 5) is 21.2. The van der Waals surface area contributed by atoms with Gasteiger partial charge in [0.25, 0.3) is 5.56 Å². The largest absolute Gasteiger partial charge is 0.492 e. The number of benzene rings is 1. The molecule has 1 aromatic carbocycles. The Bertz CT molecular complexity index is 1310. The number of morpholine rings is 1. The van der Waals surface area contributed by atoms with E-state index in [0.29, 0.717) is 33.3 Å². The van der Waals surface area contributed by atoms with E-state index in [0.717, 1.165) is 62.0 Å². The lowest BCUT2D eigenvalue weighted by Crippen LogP contribution is -2.37. The number of allylic oxidation sites excluding steroid dienone is 4. The van der Waals surface area contributed by atoms with Crippen molar-refractivity contribution >= 4 is 50.3 Å². The van der Waals surface area contributed by atoms with Gasteiger partial charge in [0.15, 0.2) is 0 Å². The van der Waals surface area contributed by atoms with Crippen molar-refractivity contribution in [1.82, 2.24) is 14.5 Å². The maximum Gasteiger partial charge on any atom is 0.275 e. The van der Waals surface area contributed by atoms with E-state index in [1.807, 2.05) is 30.4 Å². The molecule has 9 heteroatoms. The number of hydrogen-bond donors (Lipinski definition) is 0. The number of aromatic nitrogens is 2. The van der Waals surface area contributed by atoms with Crippen LogP contribution < -0.4 is 10.3 Å². The number of nitrogens with zero attached hydrogens (tertiary/aromatic N) is 3. The van der Waals surface area contributed by atoms with Crippen LogP contribution in [0.1, 0.15) is 24.1 Å². The van der Waals surface area contributed by atoms with Crippen LogP contribution in [0, 0.1) is 0 Å². The fourth-order valence-electron chi connectivity index (χ4n) is 4.12. The third-order valence-corrected chi connectivity index (χ3v) is 7.82. The molecule has 0 radical (unpaired) electrons. The summed E-state index contributed by atoms with van der Waals surface area (Å²) in [6, 6.07) is 7.37. The third kappa shape index (κ3) is 5.24. The zero-order valence-corrected chi connectivity index (χ0v) is 21.0. The first-order valence-electron chi connectivity index (χ1n) is 11.4. The molecule has 5 rings (SSSR count). The lowest BCUT2D eigenvalue weighted by Gasteiger charge is -2.26. The highest BCUT2D eigenvalue weighted by atomic mass is 35.5. The van der Waals surface area contributed by atoms with Crippen LogP contribution >= 0.6 is 34.5 Å². The van der Waals surface area contributed by atoms with Gasteiger partial charge in [-0.05, 0) is 55.2 Å². The molecule has 2 aliphatic rings. The first kappa shape index (κ1) is 23.6. The van der Waals surface area contributed by atoms with Gasteiger partial charge in [-0.25, -0.2) is 4.98 Å². The monoisotopic (exact) mass is 517 g/mol. The van der Waals surface area contributed by atoms with Gasteiger partial charge < -0.3 is 9.47 Å². The Morgan fingerprint density at radius 1 is 1.12 bits per heavy atom. The van der Waals surface area contributed by atoms with Crippen molar-refractivity contribution in [1.29, 1.82) is 0 Å². The Hall–Kier alpha value is -2.16. The Kier molecular flexibility index (Phi) is 7.37. The second-order valence-electron chi connectivity index (χ2n) is 8.32. The van der Waals surface area contributed by atoms with Crippen LogP contribution in [-0.2, 0) is 4.74 Å². The number of hydrogen-bond acceptors (Lipinski definition) is 6. The number of thiophene rings is 1. The number of halogens is 2. The minimum absolute atomic E-state index is 0.110. The summed E-state index contributed by atoms with van der Waals surface area (Å²) in [5, 5.41) is 1.32. The van der Waals surface area contributed by atoms with Crippen LogP contribution in [0.5, 0.6) is 5.75 Å². The predicted octanol–water partition coefficient (Wildman–Crippen LogP) is 5.50. The Morgan fingerprint density at radius 2 is 1.97 bits per heavy atom. The van der Waals surface area contributed by atoms with Gasteiger partial charge in [-0.1, -0.05) is 29.3 Å². The van der Waals surface area contributed by atoms with Crippen LogP contribution in [0.25, 0.3) is 21.5 Å². The van der Waals surface area contributed by atoms with Crippen molar-refractivity contribution in [2.24, 2.45) is 0 Å². The van der Waals surface area contributed by atoms with E-state index in [9.17, 15) is 4.79 Å². The first-order valence-corrected chi connectivity index (χ1v) is 13.0. The zero-order chi connectivity index (χ0) is 23.5. The average molecular weight is 518 g/mol. The Labute approximate surface area is 212 Å². The molecule has 6 nitrogen and oxygen atoms in total. The zero-order valence-electron chi connectivity index (χ0n) is 18.6. The minimum Gasteiger partial charge on any atom is -0.492 e. The van der Waals surface area contributed by atoms with E-state index in [1.165, 1.54) is 21.5 Å². The van der Waals surface area contributed by atoms with Crippen molar-refractivity contribution in [3.8, 4) is 11.4 Å². The second kappa shape index (κ2) is 10.6. The molecule has 0 spiro atoms. The summed E-state index contributed by atoms with van der Waals surface area (Å²) in [6.45, 7) is 5.09. The summed E-state index contributed by atoms with van der Waals surface area (Å²) >= 11 is 14.0. The van der Waals surface area contributed by atoms with Gasteiger partial charge in [0.05, 0.1) is 36.0 Å². The average Bonchev–Trinajstić information content (AvgIpc) is 3.29. The van der Waals surface area contributed by atoms with Gasteiger partial charge in [-0.2, -0.15) is 0 Å². The number of ether oxygens (including phenoxy) is 2. The molecule has 0 saturated carbocycles. The Morgan fingerprint density at radius 3 is 2.74 bits per heavy atom. The molecule has 1 aliphatic heterocycles. The summed E-state index contributed by atoms with van der Waals surface area (Å²) in [7, 11) is 0. The molecule has 3 aromatic rings. The third-order valence-electron chi connectivity index (χ3n) is 6.03. The van der Waals surface area contributed by atoms with Crippen molar-refractivity contribution in [3.63, 3.8) is 0 Å². The van der Waals surface area contributed by atoms with E-state index < -0.39 is 0 Å². The Balaban J connectivity index is 1.29. The number of fused-ring (bicyclic) bond motifs is 1. The highest BCUT2D eigenvalue weighted by Crippen LogP contribution is 2.34. The van der Waals surface area contributed by atoms with Gasteiger partial charge in [-0.3, -0.25) is 14.3 Å². The van der Waals surface area contributed by atoms with Crippen LogP contribution in [0.4, 0.5) is 0 Å². The van der Waals surface area contributed by atoms with E-state index in [2.05, 4.69) is 9.88 Å². The van der Waals surface area contributed by atoms with Crippen molar-refractivity contribution < 1.29 is 9.47 Å². The molecule has 2 aromatic heterocycles. The fourth-order valence-corrected chi connectivity index (χ4v) is 5.60. The van der Waals surface area contributed by atoms with Crippen molar-refractivity contribution in [3.05, 3.63) is 68.0 Å². The van der Waals surface area contributed by atoms with Gasteiger partial charge >= 0.3 is 0 Å². The molecule has 0 unspecified atom stereocenters. The summed E-state index contributed by atoms with van der Waals surface area (Å²) in [6.07, 6.45) is 8.09. The van der Waals surface area contributed by atoms with Crippen LogP contribution in [0.15, 0.2) is 52.6 Å². The van der Waals surface area contributed by atoms with E-state index in [1.54, 1.807) is 12.4 Å². The number of rotatable bonds is 7. The quantitative estimate of drug-likeness (QED) is 0.387. The van der Waals surface area contributed by atoms with Gasteiger partial charge in [-0.15, -0.1) is 11.3 Å². The molecule has 178 valence electrons. The predicted molar refractivity (Wildman–Crippen MR) is 139 cm³/mol. The second-order valence-corrected chi connectivity index (χ2v) is 10.3. The highest BCUT2D eigenvalue weighted by Gasteiger charge is 2.15. The molecular weight excluding hydrogens is 493 g/mol. The van der Waals surface area contributed by atoms with E-state index in [4.69, 9.17) is 32.7 Å². The summed E-state index contributed by atoms with van der Waals surface area (Å²) in [5.41, 5.74) is 2.43. The smallest absolute Gasteiger partial charge is 0.275 e. The van der Waals surface area contributed by atoms with Gasteiger partial charge in [0, 0.05) is 29.5 Å². The topological polar surface area (TPSA) is 56.6 Å². The molecule has 1 saturated heterocycles. The normalized spacial score (nSPS) is 17.0. The summed E-state index contributed by atoms with van der Waals surface area (Å²) < 4.78 is 13.4. The van der Waals surface area contributed by atoms with Crippen LogP contribution in [0.2, 0.25) is 5.02 Å². The standard InChI is InChI=1S/C25H25Cl2N3O3S/c26-18-4-2-17(3-5-18)23-15-21-24(34-23)25(31)30(16-28-21)19-6-7-22(20(27)14-19)33-11-1-8-29-9-12-32-13-10-29/h2,4,6-7,14-16H,1,3,5,8-13H2. The molecule has 0 N–H and O–H groups in total. The van der Waals surface area contributed by atoms with Crippen molar-refractivity contribution in [2.75, 3.05) is 39.5 Å². The van der Waals surface area contributed by atoms with E-state index in [-0.39, 0.29) is 5.56 Å². The fraction of sp³-hybridized carbons (Fsp3) is 0.360. The van der Waals surface area contributed by atoms with Gasteiger partial charge in [0.1, 0.15) is 16.8 Å². The van der Waals surface area contributed by atoms with Crippen LogP contribution in [0.3, 0.4) is 0 Å². The van der Waals surface area contributed by atoms with Gasteiger partial charge in [0.2, 0.25) is 0 Å². The van der Waals surface area contributed by atoms with E-state index >= 15 is 0 Å². The molecule has 1 aliphatic carbocycles. The molecule has 0 bridgehead atoms. The molecule has 0 atom stereocenters. The van der Waals surface area contributed by atoms with Crippen molar-refractivity contribution in [2.45, 2.75) is 19.3 Å². The lowest BCUT2D eigenvalue weighted by atomic mass is 10.0. The maximum atomic E-state index is 13.2. The molecule has 0 amide bonds. The summed E-state index contributed by atoms with van der Waals surface area (Å²) in [5.74, 6) is 0.615. The lowest BCUT2D eigenvalue weighted by molar-refractivity contribution is 0.0358. The molecule has 3 heterocycles.